The van der Waals surface area contributed by atoms with Crippen LogP contribution in [0.1, 0.15) is 12.6 Å². The van der Waals surface area contributed by atoms with Crippen LogP contribution in [-0.2, 0) is 6.18 Å². The molecule has 0 aliphatic carbocycles. The number of nitrogens with two attached hydrogens (primary N) is 1. The van der Waals surface area contributed by atoms with Gasteiger partial charge in [0.15, 0.2) is 5.69 Å². The van der Waals surface area contributed by atoms with Gasteiger partial charge in [0, 0.05) is 12.6 Å². The number of nitrogen functional groups attached to an aromatic ring is 1. The van der Waals surface area contributed by atoms with E-state index >= 15 is 0 Å². The third kappa shape index (κ3) is 4.04. The molecular weight excluding hydrogens is 239 g/mol. The van der Waals surface area contributed by atoms with Gasteiger partial charge in [0.05, 0.1) is 6.10 Å². The van der Waals surface area contributed by atoms with E-state index < -0.39 is 18.0 Å². The molecule has 1 unspecified atom stereocenters. The minimum atomic E-state index is -4.59. The summed E-state index contributed by atoms with van der Waals surface area (Å²) in [5.74, 6) is 4.55. The summed E-state index contributed by atoms with van der Waals surface area (Å²) >= 11 is 0. The van der Waals surface area contributed by atoms with E-state index in [0.717, 1.165) is 6.07 Å². The number of hydrogen-bond acceptors (Lipinski definition) is 6. The molecule has 0 radical (unpaired) electrons. The van der Waals surface area contributed by atoms with E-state index in [9.17, 15) is 13.2 Å². The van der Waals surface area contributed by atoms with Gasteiger partial charge in [-0.3, -0.25) is 5.43 Å². The van der Waals surface area contributed by atoms with Gasteiger partial charge in [0.25, 0.3) is 0 Å². The highest BCUT2D eigenvalue weighted by atomic mass is 19.4. The lowest BCUT2D eigenvalue weighted by Crippen LogP contribution is -2.20. The van der Waals surface area contributed by atoms with E-state index in [1.54, 1.807) is 0 Å². The lowest BCUT2D eigenvalue weighted by atomic mass is 10.3. The van der Waals surface area contributed by atoms with Crippen LogP contribution in [0.5, 0.6) is 0 Å². The molecule has 0 aromatic carbocycles. The SMILES string of the molecule is CC(O)CNc1cc(C(F)(F)F)nc(NN)n1. The third-order valence-electron chi connectivity index (χ3n) is 1.72. The molecule has 0 saturated carbocycles. The standard InChI is InChI=1S/C8H12F3N5O/c1-4(17)3-13-6-2-5(8(9,10)11)14-7(15-6)16-12/h2,4,17H,3,12H2,1H3,(H2,13,14,15,16). The van der Waals surface area contributed by atoms with E-state index in [1.807, 2.05) is 5.43 Å². The van der Waals surface area contributed by atoms with Gasteiger partial charge in [0.2, 0.25) is 5.95 Å². The molecule has 0 fully saturated rings. The molecule has 0 aliphatic rings. The minimum absolute atomic E-state index is 0.0678. The Kier molecular flexibility index (Phi) is 4.07. The summed E-state index contributed by atoms with van der Waals surface area (Å²) < 4.78 is 37.3. The monoisotopic (exact) mass is 251 g/mol. The summed E-state index contributed by atoms with van der Waals surface area (Å²) in [5.41, 5.74) is 0.826. The zero-order chi connectivity index (χ0) is 13.1. The first-order valence-electron chi connectivity index (χ1n) is 4.67. The number of aliphatic hydroxyl groups is 1. The van der Waals surface area contributed by atoms with Gasteiger partial charge in [-0.2, -0.15) is 18.2 Å². The molecule has 6 nitrogen and oxygen atoms in total. The Labute approximate surface area is 95.0 Å². The van der Waals surface area contributed by atoms with Crippen molar-refractivity contribution < 1.29 is 18.3 Å². The van der Waals surface area contributed by atoms with Crippen molar-refractivity contribution >= 4 is 11.8 Å². The van der Waals surface area contributed by atoms with Crippen molar-refractivity contribution in [3.05, 3.63) is 11.8 Å². The molecule has 96 valence electrons. The predicted molar refractivity (Wildman–Crippen MR) is 55.0 cm³/mol. The second kappa shape index (κ2) is 5.15. The Morgan fingerprint density at radius 1 is 1.47 bits per heavy atom. The highest BCUT2D eigenvalue weighted by molar-refractivity contribution is 5.42. The number of rotatable bonds is 4. The van der Waals surface area contributed by atoms with Crippen LogP contribution in [0.15, 0.2) is 6.07 Å². The van der Waals surface area contributed by atoms with Crippen LogP contribution in [0.3, 0.4) is 0 Å². The van der Waals surface area contributed by atoms with Gasteiger partial charge < -0.3 is 10.4 Å². The van der Waals surface area contributed by atoms with Crippen LogP contribution in [0.25, 0.3) is 0 Å². The number of nitrogens with zero attached hydrogens (tertiary/aromatic N) is 2. The summed E-state index contributed by atoms with van der Waals surface area (Å²) in [6.45, 7) is 1.55. The first-order valence-corrected chi connectivity index (χ1v) is 4.67. The number of aromatic nitrogens is 2. The van der Waals surface area contributed by atoms with E-state index in [4.69, 9.17) is 10.9 Å². The molecule has 1 atom stereocenters. The molecule has 0 spiro atoms. The van der Waals surface area contributed by atoms with Gasteiger partial charge in [-0.05, 0) is 6.92 Å². The Bertz CT molecular complexity index is 382. The summed E-state index contributed by atoms with van der Waals surface area (Å²) in [7, 11) is 0. The molecule has 17 heavy (non-hydrogen) atoms. The van der Waals surface area contributed by atoms with Crippen molar-refractivity contribution in [2.45, 2.75) is 19.2 Å². The molecule has 1 heterocycles. The first-order chi connectivity index (χ1) is 7.82. The Balaban J connectivity index is 2.97. The largest absolute Gasteiger partial charge is 0.433 e. The van der Waals surface area contributed by atoms with Gasteiger partial charge in [0.1, 0.15) is 5.82 Å². The summed E-state index contributed by atoms with van der Waals surface area (Å²) in [6.07, 6.45) is -5.30. The van der Waals surface area contributed by atoms with Crippen molar-refractivity contribution in [3.8, 4) is 0 Å². The van der Waals surface area contributed by atoms with Crippen LogP contribution >= 0.6 is 0 Å². The number of nitrogens with one attached hydrogen (secondary N) is 2. The molecule has 1 aromatic rings. The lowest BCUT2D eigenvalue weighted by molar-refractivity contribution is -0.141. The maximum absolute atomic E-state index is 12.4. The zero-order valence-corrected chi connectivity index (χ0v) is 8.91. The summed E-state index contributed by atoms with van der Waals surface area (Å²) in [4.78, 5) is 6.84. The molecule has 0 saturated heterocycles. The van der Waals surface area contributed by atoms with Gasteiger partial charge in [-0.1, -0.05) is 0 Å². The third-order valence-corrected chi connectivity index (χ3v) is 1.72. The number of aliphatic hydroxyl groups excluding tert-OH is 1. The van der Waals surface area contributed by atoms with E-state index in [-0.39, 0.29) is 18.3 Å². The molecule has 1 aromatic heterocycles. The average molecular weight is 251 g/mol. The number of hydrazine groups is 1. The van der Waals surface area contributed by atoms with Crippen LogP contribution < -0.4 is 16.6 Å². The molecule has 0 bridgehead atoms. The second-order valence-electron chi connectivity index (χ2n) is 3.33. The highest BCUT2D eigenvalue weighted by Gasteiger charge is 2.33. The van der Waals surface area contributed by atoms with E-state index in [2.05, 4.69) is 15.3 Å². The predicted octanol–water partition coefficient (Wildman–Crippen LogP) is 0.574. The zero-order valence-electron chi connectivity index (χ0n) is 8.91. The average Bonchev–Trinajstić information content (AvgIpc) is 2.24. The second-order valence-corrected chi connectivity index (χ2v) is 3.33. The molecular formula is C8H12F3N5O. The van der Waals surface area contributed by atoms with Gasteiger partial charge in [-0.15, -0.1) is 0 Å². The van der Waals surface area contributed by atoms with Crippen LogP contribution in [-0.4, -0.2) is 27.7 Å². The fourth-order valence-electron chi connectivity index (χ4n) is 1.000. The maximum Gasteiger partial charge on any atom is 0.433 e. The van der Waals surface area contributed by atoms with Crippen molar-refractivity contribution in [2.24, 2.45) is 5.84 Å². The van der Waals surface area contributed by atoms with Crippen LogP contribution in [0.2, 0.25) is 0 Å². The van der Waals surface area contributed by atoms with Crippen molar-refractivity contribution in [2.75, 3.05) is 17.3 Å². The summed E-state index contributed by atoms with van der Waals surface area (Å²) in [5, 5.41) is 11.5. The quantitative estimate of drug-likeness (QED) is 0.461. The number of hydrogen-bond donors (Lipinski definition) is 4. The Hall–Kier alpha value is -1.61. The first kappa shape index (κ1) is 13.5. The Morgan fingerprint density at radius 3 is 2.59 bits per heavy atom. The lowest BCUT2D eigenvalue weighted by Gasteiger charge is -2.12. The van der Waals surface area contributed by atoms with Crippen LogP contribution in [0, 0.1) is 0 Å². The topological polar surface area (TPSA) is 96.1 Å². The molecule has 0 amide bonds. The molecule has 1 rings (SSSR count). The van der Waals surface area contributed by atoms with Crippen molar-refractivity contribution in [1.82, 2.24) is 9.97 Å². The molecule has 5 N–H and O–H groups in total. The van der Waals surface area contributed by atoms with Crippen molar-refractivity contribution in [3.63, 3.8) is 0 Å². The van der Waals surface area contributed by atoms with Crippen molar-refractivity contribution in [1.29, 1.82) is 0 Å². The van der Waals surface area contributed by atoms with Gasteiger partial charge >= 0.3 is 6.18 Å². The Morgan fingerprint density at radius 2 is 2.12 bits per heavy atom. The fourth-order valence-corrected chi connectivity index (χ4v) is 1.000. The van der Waals surface area contributed by atoms with Crippen LogP contribution in [0.4, 0.5) is 24.9 Å². The van der Waals surface area contributed by atoms with Gasteiger partial charge in [-0.25, -0.2) is 10.8 Å². The number of anilines is 2. The normalized spacial score (nSPS) is 13.3. The van der Waals surface area contributed by atoms with E-state index in [1.165, 1.54) is 6.92 Å². The maximum atomic E-state index is 12.4. The summed E-state index contributed by atoms with van der Waals surface area (Å²) in [6, 6.07) is 0.739. The fraction of sp³-hybridized carbons (Fsp3) is 0.500. The highest BCUT2D eigenvalue weighted by Crippen LogP contribution is 2.29. The smallest absolute Gasteiger partial charge is 0.392 e. The molecule has 9 heteroatoms. The number of halogens is 3. The number of alkyl halides is 3. The minimum Gasteiger partial charge on any atom is -0.392 e. The van der Waals surface area contributed by atoms with E-state index in [0.29, 0.717) is 0 Å². The molecule has 0 aliphatic heterocycles.